The molecule has 116 valence electrons. The molecule has 1 aromatic heterocycles. The molecule has 0 aliphatic rings. The fraction of sp³-hybridized carbons (Fsp3) is 0. The van der Waals surface area contributed by atoms with E-state index in [1.54, 1.807) is 0 Å². The van der Waals surface area contributed by atoms with Crippen molar-refractivity contribution in [1.29, 1.82) is 0 Å². The maximum absolute atomic E-state index is 6.38. The van der Waals surface area contributed by atoms with Gasteiger partial charge in [-0.15, -0.1) is 0 Å². The molecular weight excluding hydrogens is 384 g/mol. The van der Waals surface area contributed by atoms with E-state index in [0.717, 1.165) is 32.2 Å². The van der Waals surface area contributed by atoms with Crippen LogP contribution in [0.5, 0.6) is 0 Å². The number of hydrogen-bond acceptors (Lipinski definition) is 2. The van der Waals surface area contributed by atoms with E-state index in [0.29, 0.717) is 10.8 Å². The summed E-state index contributed by atoms with van der Waals surface area (Å²) in [6.07, 6.45) is 0. The third-order valence-corrected chi connectivity index (χ3v) is 4.64. The standard InChI is InChI=1S/C20H12BrClN2/c21-14-10-11-17(22)16(12-14)20-23-18-9-5-4-8-15(18)19(24-20)13-6-2-1-3-7-13/h1-12H. The number of aromatic nitrogens is 2. The maximum atomic E-state index is 6.38. The van der Waals surface area contributed by atoms with Crippen LogP contribution in [0.25, 0.3) is 33.5 Å². The molecule has 0 fully saturated rings. The molecule has 0 saturated heterocycles. The molecule has 4 rings (SSSR count). The highest BCUT2D eigenvalue weighted by atomic mass is 79.9. The van der Waals surface area contributed by atoms with E-state index in [4.69, 9.17) is 21.6 Å². The monoisotopic (exact) mass is 394 g/mol. The molecule has 1 heterocycles. The molecule has 3 aromatic carbocycles. The van der Waals surface area contributed by atoms with Crippen LogP contribution in [-0.2, 0) is 0 Å². The van der Waals surface area contributed by atoms with E-state index >= 15 is 0 Å². The van der Waals surface area contributed by atoms with Crippen molar-refractivity contribution in [2.24, 2.45) is 0 Å². The quantitative estimate of drug-likeness (QED) is 0.393. The zero-order valence-electron chi connectivity index (χ0n) is 12.6. The van der Waals surface area contributed by atoms with Crippen LogP contribution >= 0.6 is 27.5 Å². The minimum atomic E-state index is 0.624. The van der Waals surface area contributed by atoms with E-state index in [1.165, 1.54) is 0 Å². The van der Waals surface area contributed by atoms with E-state index in [-0.39, 0.29) is 0 Å². The predicted molar refractivity (Wildman–Crippen MR) is 103 cm³/mol. The third-order valence-electron chi connectivity index (χ3n) is 3.82. The molecular formula is C20H12BrClN2. The fourth-order valence-electron chi connectivity index (χ4n) is 2.68. The summed E-state index contributed by atoms with van der Waals surface area (Å²) in [6, 6.07) is 23.9. The first-order chi connectivity index (χ1) is 11.7. The lowest BCUT2D eigenvalue weighted by molar-refractivity contribution is 1.23. The number of nitrogens with zero attached hydrogens (tertiary/aromatic N) is 2. The lowest BCUT2D eigenvalue weighted by atomic mass is 10.1. The van der Waals surface area contributed by atoms with Crippen LogP contribution in [0.2, 0.25) is 5.02 Å². The van der Waals surface area contributed by atoms with Gasteiger partial charge in [-0.2, -0.15) is 0 Å². The summed E-state index contributed by atoms with van der Waals surface area (Å²) in [5.74, 6) is 0.624. The topological polar surface area (TPSA) is 25.8 Å². The fourth-order valence-corrected chi connectivity index (χ4v) is 3.25. The normalized spacial score (nSPS) is 10.9. The van der Waals surface area contributed by atoms with Gasteiger partial charge in [-0.25, -0.2) is 9.97 Å². The number of fused-ring (bicyclic) bond motifs is 1. The van der Waals surface area contributed by atoms with Crippen molar-refractivity contribution in [3.8, 4) is 22.6 Å². The van der Waals surface area contributed by atoms with Crippen LogP contribution in [0.1, 0.15) is 0 Å². The largest absolute Gasteiger partial charge is 0.228 e. The van der Waals surface area contributed by atoms with E-state index in [1.807, 2.05) is 60.7 Å². The van der Waals surface area contributed by atoms with Gasteiger partial charge in [-0.3, -0.25) is 0 Å². The summed E-state index contributed by atoms with van der Waals surface area (Å²) >= 11 is 9.87. The highest BCUT2D eigenvalue weighted by molar-refractivity contribution is 9.10. The van der Waals surface area contributed by atoms with Crippen molar-refractivity contribution in [1.82, 2.24) is 9.97 Å². The highest BCUT2D eigenvalue weighted by Gasteiger charge is 2.13. The molecule has 0 spiro atoms. The average molecular weight is 396 g/mol. The van der Waals surface area contributed by atoms with Gasteiger partial charge in [0.2, 0.25) is 0 Å². The predicted octanol–water partition coefficient (Wildman–Crippen LogP) is 6.38. The van der Waals surface area contributed by atoms with Crippen molar-refractivity contribution < 1.29 is 0 Å². The number of para-hydroxylation sites is 1. The molecule has 0 aliphatic heterocycles. The second-order valence-electron chi connectivity index (χ2n) is 5.40. The summed E-state index contributed by atoms with van der Waals surface area (Å²) in [4.78, 5) is 9.54. The maximum Gasteiger partial charge on any atom is 0.161 e. The van der Waals surface area contributed by atoms with Gasteiger partial charge < -0.3 is 0 Å². The van der Waals surface area contributed by atoms with Gasteiger partial charge in [0.05, 0.1) is 16.2 Å². The van der Waals surface area contributed by atoms with Crippen molar-refractivity contribution in [2.75, 3.05) is 0 Å². The molecule has 4 aromatic rings. The lowest BCUT2D eigenvalue weighted by Gasteiger charge is -2.10. The number of halogens is 2. The first-order valence-electron chi connectivity index (χ1n) is 7.50. The Morgan fingerprint density at radius 3 is 2.38 bits per heavy atom. The van der Waals surface area contributed by atoms with Crippen LogP contribution in [0, 0.1) is 0 Å². The van der Waals surface area contributed by atoms with E-state index in [2.05, 4.69) is 28.1 Å². The summed E-state index contributed by atoms with van der Waals surface area (Å²) in [6.45, 7) is 0. The van der Waals surface area contributed by atoms with Crippen LogP contribution in [0.15, 0.2) is 77.3 Å². The van der Waals surface area contributed by atoms with Gasteiger partial charge in [0.25, 0.3) is 0 Å². The molecule has 4 heteroatoms. The Balaban J connectivity index is 2.03. The number of benzene rings is 3. The molecule has 0 N–H and O–H groups in total. The summed E-state index contributed by atoms with van der Waals surface area (Å²) < 4.78 is 0.944. The first kappa shape index (κ1) is 15.3. The minimum absolute atomic E-state index is 0.624. The van der Waals surface area contributed by atoms with Crippen molar-refractivity contribution in [2.45, 2.75) is 0 Å². The Morgan fingerprint density at radius 1 is 0.792 bits per heavy atom. The first-order valence-corrected chi connectivity index (χ1v) is 8.67. The average Bonchev–Trinajstić information content (AvgIpc) is 2.63. The summed E-state index contributed by atoms with van der Waals surface area (Å²) in [5.41, 5.74) is 3.68. The second kappa shape index (κ2) is 6.34. The van der Waals surface area contributed by atoms with Crippen LogP contribution in [-0.4, -0.2) is 9.97 Å². The molecule has 0 bridgehead atoms. The van der Waals surface area contributed by atoms with Crippen molar-refractivity contribution >= 4 is 38.4 Å². The zero-order chi connectivity index (χ0) is 16.5. The van der Waals surface area contributed by atoms with Gasteiger partial charge in [0.1, 0.15) is 0 Å². The van der Waals surface area contributed by atoms with E-state index in [9.17, 15) is 0 Å². The Bertz CT molecular complexity index is 1030. The Morgan fingerprint density at radius 2 is 1.54 bits per heavy atom. The molecule has 24 heavy (non-hydrogen) atoms. The van der Waals surface area contributed by atoms with Crippen LogP contribution in [0.4, 0.5) is 0 Å². The molecule has 0 aliphatic carbocycles. The molecule has 0 atom stereocenters. The Hall–Kier alpha value is -2.23. The number of rotatable bonds is 2. The Labute approximate surface area is 153 Å². The zero-order valence-corrected chi connectivity index (χ0v) is 14.9. The van der Waals surface area contributed by atoms with Crippen LogP contribution in [0.3, 0.4) is 0 Å². The van der Waals surface area contributed by atoms with Gasteiger partial charge in [-0.1, -0.05) is 76.1 Å². The smallest absolute Gasteiger partial charge is 0.161 e. The van der Waals surface area contributed by atoms with Gasteiger partial charge in [0.15, 0.2) is 5.82 Å². The van der Waals surface area contributed by atoms with Crippen LogP contribution < -0.4 is 0 Å². The minimum Gasteiger partial charge on any atom is -0.228 e. The highest BCUT2D eigenvalue weighted by Crippen LogP contribution is 2.33. The lowest BCUT2D eigenvalue weighted by Crippen LogP contribution is -1.95. The van der Waals surface area contributed by atoms with Crippen molar-refractivity contribution in [3.63, 3.8) is 0 Å². The van der Waals surface area contributed by atoms with Gasteiger partial charge in [-0.05, 0) is 24.3 Å². The SMILES string of the molecule is Clc1ccc(Br)cc1-c1nc(-c2ccccc2)c2ccccc2n1. The molecule has 0 amide bonds. The molecule has 2 nitrogen and oxygen atoms in total. The number of hydrogen-bond donors (Lipinski definition) is 0. The Kier molecular flexibility index (Phi) is 4.05. The molecule has 0 saturated carbocycles. The molecule has 0 unspecified atom stereocenters. The van der Waals surface area contributed by atoms with Gasteiger partial charge >= 0.3 is 0 Å². The third kappa shape index (κ3) is 2.81. The second-order valence-corrected chi connectivity index (χ2v) is 6.73. The summed E-state index contributed by atoms with van der Waals surface area (Å²) in [5, 5.41) is 1.66. The summed E-state index contributed by atoms with van der Waals surface area (Å²) in [7, 11) is 0. The van der Waals surface area contributed by atoms with E-state index < -0.39 is 0 Å². The van der Waals surface area contributed by atoms with Crippen molar-refractivity contribution in [3.05, 3.63) is 82.3 Å². The van der Waals surface area contributed by atoms with Gasteiger partial charge in [0, 0.05) is 21.0 Å². The molecule has 0 radical (unpaired) electrons.